The van der Waals surface area contributed by atoms with Crippen molar-refractivity contribution in [3.8, 4) is 5.75 Å². The van der Waals surface area contributed by atoms with Crippen LogP contribution in [0, 0.1) is 6.92 Å². The number of nitrogens with one attached hydrogen (secondary N) is 1. The lowest BCUT2D eigenvalue weighted by Gasteiger charge is -2.28. The molecule has 0 saturated carbocycles. The fourth-order valence-corrected chi connectivity index (χ4v) is 3.93. The number of hydrogen-bond donors (Lipinski definition) is 1. The third-order valence-corrected chi connectivity index (χ3v) is 5.24. The molecule has 0 spiro atoms. The molecule has 0 aliphatic rings. The summed E-state index contributed by atoms with van der Waals surface area (Å²) in [6.07, 6.45) is 1.05. The molecule has 0 saturated heterocycles. The van der Waals surface area contributed by atoms with E-state index >= 15 is 0 Å². The first-order valence-electron chi connectivity index (χ1n) is 7.84. The van der Waals surface area contributed by atoms with E-state index in [1.54, 1.807) is 30.3 Å². The summed E-state index contributed by atoms with van der Waals surface area (Å²) < 4.78 is 30.9. The zero-order valence-corrected chi connectivity index (χ0v) is 16.6. The first-order chi connectivity index (χ1) is 12.1. The average Bonchev–Trinajstić information content (AvgIpc) is 2.54. The van der Waals surface area contributed by atoms with Gasteiger partial charge in [0.25, 0.3) is 0 Å². The topological polar surface area (TPSA) is 75.7 Å². The number of amides is 1. The summed E-state index contributed by atoms with van der Waals surface area (Å²) in [4.78, 5) is 12.7. The Hall–Kier alpha value is -2.25. The van der Waals surface area contributed by atoms with Crippen LogP contribution in [0.25, 0.3) is 0 Å². The van der Waals surface area contributed by atoms with Gasteiger partial charge in [0, 0.05) is 5.02 Å². The number of carbonyl (C=O) groups is 1. The van der Waals surface area contributed by atoms with Crippen molar-refractivity contribution in [2.75, 3.05) is 23.0 Å². The molecule has 26 heavy (non-hydrogen) atoms. The van der Waals surface area contributed by atoms with Crippen molar-refractivity contribution in [1.82, 2.24) is 0 Å². The predicted molar refractivity (Wildman–Crippen MR) is 105 cm³/mol. The van der Waals surface area contributed by atoms with Crippen LogP contribution in [0.2, 0.25) is 5.02 Å². The fourth-order valence-electron chi connectivity index (χ4n) is 2.58. The number of carbonyl (C=O) groups excluding carboxylic acids is 1. The molecule has 0 radical (unpaired) electrons. The Morgan fingerprint density at radius 1 is 1.23 bits per heavy atom. The van der Waals surface area contributed by atoms with Gasteiger partial charge in [-0.05, 0) is 49.7 Å². The number of methoxy groups -OCH3 is 1. The molecule has 8 heteroatoms. The van der Waals surface area contributed by atoms with Crippen LogP contribution in [0.5, 0.6) is 5.75 Å². The van der Waals surface area contributed by atoms with Crippen LogP contribution >= 0.6 is 11.6 Å². The maximum Gasteiger partial charge on any atom is 0.248 e. The van der Waals surface area contributed by atoms with E-state index in [0.717, 1.165) is 16.1 Å². The molecular formula is C18H21ClN2O4S. The van der Waals surface area contributed by atoms with Gasteiger partial charge in [-0.2, -0.15) is 0 Å². The lowest BCUT2D eigenvalue weighted by atomic mass is 10.2. The zero-order chi connectivity index (χ0) is 19.5. The molecule has 6 nitrogen and oxygen atoms in total. The minimum atomic E-state index is -3.71. The molecule has 2 aromatic rings. The molecule has 2 rings (SSSR count). The SMILES string of the molecule is COc1ccc(C)cc1NC(=O)C(C)N(c1cccc(Cl)c1)S(C)(=O)=O. The van der Waals surface area contributed by atoms with E-state index in [-0.39, 0.29) is 0 Å². The van der Waals surface area contributed by atoms with Gasteiger partial charge < -0.3 is 10.1 Å². The van der Waals surface area contributed by atoms with E-state index in [1.807, 2.05) is 13.0 Å². The molecule has 140 valence electrons. The Morgan fingerprint density at radius 2 is 1.92 bits per heavy atom. The Balaban J connectivity index is 2.36. The lowest BCUT2D eigenvalue weighted by Crippen LogP contribution is -2.45. The minimum Gasteiger partial charge on any atom is -0.495 e. The predicted octanol–water partition coefficient (Wildman–Crippen LogP) is 3.45. The second kappa shape index (κ2) is 7.97. The summed E-state index contributed by atoms with van der Waals surface area (Å²) >= 11 is 5.97. The number of ether oxygens (including phenoxy) is 1. The highest BCUT2D eigenvalue weighted by molar-refractivity contribution is 7.92. The van der Waals surface area contributed by atoms with Gasteiger partial charge in [0.1, 0.15) is 11.8 Å². The quantitative estimate of drug-likeness (QED) is 0.811. The van der Waals surface area contributed by atoms with Gasteiger partial charge >= 0.3 is 0 Å². The highest BCUT2D eigenvalue weighted by atomic mass is 35.5. The molecule has 1 amide bonds. The summed E-state index contributed by atoms with van der Waals surface area (Å²) in [6.45, 7) is 3.40. The van der Waals surface area contributed by atoms with E-state index in [9.17, 15) is 13.2 Å². The van der Waals surface area contributed by atoms with Crippen molar-refractivity contribution in [2.24, 2.45) is 0 Å². The van der Waals surface area contributed by atoms with Gasteiger partial charge in [0.2, 0.25) is 15.9 Å². The maximum absolute atomic E-state index is 12.7. The van der Waals surface area contributed by atoms with Crippen molar-refractivity contribution in [2.45, 2.75) is 19.9 Å². The van der Waals surface area contributed by atoms with Crippen molar-refractivity contribution >= 4 is 38.9 Å². The molecule has 0 fully saturated rings. The van der Waals surface area contributed by atoms with Gasteiger partial charge in [-0.3, -0.25) is 9.10 Å². The second-order valence-corrected chi connectivity index (χ2v) is 8.20. The Bertz CT molecular complexity index is 915. The lowest BCUT2D eigenvalue weighted by molar-refractivity contribution is -0.116. The van der Waals surface area contributed by atoms with Crippen molar-refractivity contribution in [1.29, 1.82) is 0 Å². The maximum atomic E-state index is 12.7. The molecule has 0 aromatic heterocycles. The van der Waals surface area contributed by atoms with Gasteiger partial charge in [-0.15, -0.1) is 0 Å². The second-order valence-electron chi connectivity index (χ2n) is 5.91. The molecular weight excluding hydrogens is 376 g/mol. The summed E-state index contributed by atoms with van der Waals surface area (Å²) in [5.41, 5.74) is 1.73. The Kier molecular flexibility index (Phi) is 6.15. The fraction of sp³-hybridized carbons (Fsp3) is 0.278. The number of anilines is 2. The first kappa shape index (κ1) is 20.1. The highest BCUT2D eigenvalue weighted by Crippen LogP contribution is 2.27. The van der Waals surface area contributed by atoms with Crippen LogP contribution in [0.3, 0.4) is 0 Å². The van der Waals surface area contributed by atoms with E-state index < -0.39 is 22.0 Å². The number of rotatable bonds is 6. The van der Waals surface area contributed by atoms with Crippen molar-refractivity contribution in [3.63, 3.8) is 0 Å². The largest absolute Gasteiger partial charge is 0.495 e. The van der Waals surface area contributed by atoms with Crippen LogP contribution < -0.4 is 14.4 Å². The zero-order valence-electron chi connectivity index (χ0n) is 15.0. The molecule has 1 N–H and O–H groups in total. The molecule has 1 unspecified atom stereocenters. The van der Waals surface area contributed by atoms with Crippen LogP contribution in [-0.4, -0.2) is 33.7 Å². The molecule has 0 aliphatic carbocycles. The van der Waals surface area contributed by atoms with Crippen LogP contribution in [0.15, 0.2) is 42.5 Å². The van der Waals surface area contributed by atoms with E-state index in [0.29, 0.717) is 22.1 Å². The van der Waals surface area contributed by atoms with Crippen LogP contribution in [0.4, 0.5) is 11.4 Å². The van der Waals surface area contributed by atoms with E-state index in [2.05, 4.69) is 5.32 Å². The molecule has 2 aromatic carbocycles. The number of aryl methyl sites for hydroxylation is 1. The van der Waals surface area contributed by atoms with E-state index in [4.69, 9.17) is 16.3 Å². The van der Waals surface area contributed by atoms with Crippen molar-refractivity contribution < 1.29 is 17.9 Å². The number of sulfonamides is 1. The van der Waals surface area contributed by atoms with Gasteiger partial charge in [0.15, 0.2) is 0 Å². The molecule has 0 bridgehead atoms. The summed E-state index contributed by atoms with van der Waals surface area (Å²) in [5.74, 6) is 0.00381. The number of halogens is 1. The van der Waals surface area contributed by atoms with Gasteiger partial charge in [0.05, 0.1) is 24.7 Å². The Morgan fingerprint density at radius 3 is 2.50 bits per heavy atom. The third-order valence-electron chi connectivity index (χ3n) is 3.76. The van der Waals surface area contributed by atoms with Crippen LogP contribution in [0.1, 0.15) is 12.5 Å². The highest BCUT2D eigenvalue weighted by Gasteiger charge is 2.29. The molecule has 0 aliphatic heterocycles. The molecule has 0 heterocycles. The monoisotopic (exact) mass is 396 g/mol. The number of hydrogen-bond acceptors (Lipinski definition) is 4. The number of nitrogens with zero attached hydrogens (tertiary/aromatic N) is 1. The molecule has 1 atom stereocenters. The summed E-state index contributed by atoms with van der Waals surface area (Å²) in [5, 5.41) is 3.11. The number of benzene rings is 2. The first-order valence-corrected chi connectivity index (χ1v) is 10.1. The standard InChI is InChI=1S/C18H21ClN2O4S/c1-12-8-9-17(25-3)16(10-12)20-18(22)13(2)21(26(4,23)24)15-7-5-6-14(19)11-15/h5-11,13H,1-4H3,(H,20,22). The third kappa shape index (κ3) is 4.68. The van der Waals surface area contributed by atoms with Crippen LogP contribution in [-0.2, 0) is 14.8 Å². The summed E-state index contributed by atoms with van der Waals surface area (Å²) in [7, 11) is -2.21. The minimum absolute atomic E-state index is 0.318. The Labute approximate surface area is 158 Å². The van der Waals surface area contributed by atoms with Crippen molar-refractivity contribution in [3.05, 3.63) is 53.1 Å². The average molecular weight is 397 g/mol. The van der Waals surface area contributed by atoms with Gasteiger partial charge in [-0.1, -0.05) is 23.7 Å². The normalized spacial score (nSPS) is 12.3. The summed E-state index contributed by atoms with van der Waals surface area (Å²) in [6, 6.07) is 10.7. The van der Waals surface area contributed by atoms with Gasteiger partial charge in [-0.25, -0.2) is 8.42 Å². The smallest absolute Gasteiger partial charge is 0.248 e. The van der Waals surface area contributed by atoms with E-state index in [1.165, 1.54) is 20.1 Å².